The number of hydrogen-bond acceptors (Lipinski definition) is 4. The molecule has 0 radical (unpaired) electrons. The fraction of sp³-hybridized carbons (Fsp3) is 0.286. The highest BCUT2D eigenvalue weighted by Crippen LogP contribution is 2.24. The molecule has 0 bridgehead atoms. The summed E-state index contributed by atoms with van der Waals surface area (Å²) in [5.74, 6) is -0.0598. The molecule has 5 heteroatoms. The number of methoxy groups -OCH3 is 1. The average molecular weight is 277 g/mol. The van der Waals surface area contributed by atoms with Gasteiger partial charge in [-0.15, -0.1) is 11.8 Å². The van der Waals surface area contributed by atoms with E-state index in [1.807, 2.05) is 18.2 Å². The van der Waals surface area contributed by atoms with E-state index >= 15 is 0 Å². The number of nitrogens with zero attached hydrogens (tertiary/aromatic N) is 1. The van der Waals surface area contributed by atoms with Gasteiger partial charge in [0.2, 0.25) is 0 Å². The minimum atomic E-state index is -0.919. The maximum atomic E-state index is 11.3. The van der Waals surface area contributed by atoms with Gasteiger partial charge in [-0.25, -0.2) is 9.78 Å². The van der Waals surface area contributed by atoms with Crippen molar-refractivity contribution in [3.63, 3.8) is 0 Å². The summed E-state index contributed by atoms with van der Waals surface area (Å²) in [7, 11) is 1.67. The second kappa shape index (κ2) is 6.54. The lowest BCUT2D eigenvalue weighted by Gasteiger charge is -2.06. The number of ether oxygens (including phenoxy) is 1. The summed E-state index contributed by atoms with van der Waals surface area (Å²) in [4.78, 5) is 15.8. The van der Waals surface area contributed by atoms with Crippen molar-refractivity contribution in [3.8, 4) is 0 Å². The predicted octanol–water partition coefficient (Wildman–Crippen LogP) is 3.06. The summed E-state index contributed by atoms with van der Waals surface area (Å²) in [6.45, 7) is 0.701. The Kier molecular flexibility index (Phi) is 4.76. The van der Waals surface area contributed by atoms with Crippen LogP contribution in [0.2, 0.25) is 0 Å². The Labute approximate surface area is 115 Å². The van der Waals surface area contributed by atoms with Crippen LogP contribution in [0.5, 0.6) is 0 Å². The van der Waals surface area contributed by atoms with Gasteiger partial charge in [-0.05, 0) is 18.6 Å². The highest BCUT2D eigenvalue weighted by molar-refractivity contribution is 7.99. The van der Waals surface area contributed by atoms with Gasteiger partial charge in [0.25, 0.3) is 0 Å². The molecule has 2 rings (SSSR count). The van der Waals surface area contributed by atoms with E-state index in [1.54, 1.807) is 31.0 Å². The van der Waals surface area contributed by atoms with Crippen LogP contribution in [-0.2, 0) is 4.74 Å². The zero-order valence-electron chi connectivity index (χ0n) is 10.6. The zero-order valence-corrected chi connectivity index (χ0v) is 11.4. The number of fused-ring (bicyclic) bond motifs is 1. The number of thioether (sulfide) groups is 1. The summed E-state index contributed by atoms with van der Waals surface area (Å²) in [5, 5.41) is 10.7. The van der Waals surface area contributed by atoms with Crippen LogP contribution >= 0.6 is 11.8 Å². The van der Waals surface area contributed by atoms with Crippen LogP contribution in [0.3, 0.4) is 0 Å². The summed E-state index contributed by atoms with van der Waals surface area (Å²) in [6, 6.07) is 8.94. The Bertz CT molecular complexity index is 586. The molecule has 100 valence electrons. The maximum Gasteiger partial charge on any atom is 0.336 e. The normalized spacial score (nSPS) is 10.8. The fourth-order valence-corrected chi connectivity index (χ4v) is 2.62. The van der Waals surface area contributed by atoms with Gasteiger partial charge in [0.15, 0.2) is 0 Å². The van der Waals surface area contributed by atoms with E-state index in [2.05, 4.69) is 4.98 Å². The second-order valence-electron chi connectivity index (χ2n) is 4.03. The number of carboxylic acids is 1. The number of benzene rings is 1. The fourth-order valence-electron chi connectivity index (χ4n) is 1.78. The maximum absolute atomic E-state index is 11.3. The third-order valence-electron chi connectivity index (χ3n) is 2.67. The van der Waals surface area contributed by atoms with Gasteiger partial charge in [-0.3, -0.25) is 0 Å². The van der Waals surface area contributed by atoms with Gasteiger partial charge in [-0.2, -0.15) is 0 Å². The minimum absolute atomic E-state index is 0.305. The third-order valence-corrected chi connectivity index (χ3v) is 3.66. The number of carbonyl (C=O) groups is 1. The predicted molar refractivity (Wildman–Crippen MR) is 75.9 cm³/mol. The first kappa shape index (κ1) is 13.8. The molecular weight excluding hydrogens is 262 g/mol. The lowest BCUT2D eigenvalue weighted by atomic mass is 10.1. The van der Waals surface area contributed by atoms with Crippen LogP contribution in [-0.4, -0.2) is 35.5 Å². The Morgan fingerprint density at radius 1 is 1.42 bits per heavy atom. The Balaban J connectivity index is 2.27. The topological polar surface area (TPSA) is 59.4 Å². The summed E-state index contributed by atoms with van der Waals surface area (Å²) < 4.78 is 4.98. The van der Waals surface area contributed by atoms with Crippen molar-refractivity contribution in [2.75, 3.05) is 19.5 Å². The molecule has 0 atom stereocenters. The molecule has 0 aliphatic rings. The van der Waals surface area contributed by atoms with E-state index in [1.165, 1.54) is 0 Å². The molecule has 0 aliphatic heterocycles. The molecule has 1 heterocycles. The molecule has 4 nitrogen and oxygen atoms in total. The van der Waals surface area contributed by atoms with Crippen molar-refractivity contribution in [2.45, 2.75) is 11.4 Å². The first-order valence-electron chi connectivity index (χ1n) is 5.97. The second-order valence-corrected chi connectivity index (χ2v) is 5.14. The SMILES string of the molecule is COCCCSc1cc(C(=O)O)c2ccccc2n1. The van der Waals surface area contributed by atoms with Crippen LogP contribution in [0.4, 0.5) is 0 Å². The van der Waals surface area contributed by atoms with Gasteiger partial charge in [0, 0.05) is 24.9 Å². The van der Waals surface area contributed by atoms with Gasteiger partial charge in [-0.1, -0.05) is 18.2 Å². The minimum Gasteiger partial charge on any atom is -0.478 e. The molecule has 0 spiro atoms. The highest BCUT2D eigenvalue weighted by Gasteiger charge is 2.11. The molecule has 0 amide bonds. The van der Waals surface area contributed by atoms with Crippen LogP contribution < -0.4 is 0 Å². The number of para-hydroxylation sites is 1. The van der Waals surface area contributed by atoms with Crippen molar-refractivity contribution in [3.05, 3.63) is 35.9 Å². The van der Waals surface area contributed by atoms with E-state index in [0.717, 1.165) is 22.7 Å². The summed E-state index contributed by atoms with van der Waals surface area (Å²) in [5.41, 5.74) is 1.02. The first-order chi connectivity index (χ1) is 9.22. The van der Waals surface area contributed by atoms with Gasteiger partial charge < -0.3 is 9.84 Å². The number of aromatic carboxylic acids is 1. The number of pyridine rings is 1. The average Bonchev–Trinajstić information content (AvgIpc) is 2.42. The van der Waals surface area contributed by atoms with Crippen molar-refractivity contribution in [1.82, 2.24) is 4.98 Å². The van der Waals surface area contributed by atoms with Gasteiger partial charge in [0.1, 0.15) is 0 Å². The molecular formula is C14H15NO3S. The van der Waals surface area contributed by atoms with Crippen molar-refractivity contribution in [1.29, 1.82) is 0 Å². The first-order valence-corrected chi connectivity index (χ1v) is 6.95. The number of hydrogen-bond donors (Lipinski definition) is 1. The quantitative estimate of drug-likeness (QED) is 0.649. The van der Waals surface area contributed by atoms with E-state index < -0.39 is 5.97 Å². The van der Waals surface area contributed by atoms with Gasteiger partial charge in [0.05, 0.1) is 16.1 Å². The van der Waals surface area contributed by atoms with E-state index in [9.17, 15) is 9.90 Å². The molecule has 0 aliphatic carbocycles. The molecule has 19 heavy (non-hydrogen) atoms. The molecule has 0 saturated carbocycles. The summed E-state index contributed by atoms with van der Waals surface area (Å²) in [6.07, 6.45) is 0.915. The van der Waals surface area contributed by atoms with Crippen molar-refractivity contribution < 1.29 is 14.6 Å². The highest BCUT2D eigenvalue weighted by atomic mass is 32.2. The number of aromatic nitrogens is 1. The lowest BCUT2D eigenvalue weighted by Crippen LogP contribution is -2.00. The third kappa shape index (κ3) is 3.45. The Morgan fingerprint density at radius 3 is 2.95 bits per heavy atom. The van der Waals surface area contributed by atoms with Gasteiger partial charge >= 0.3 is 5.97 Å². The molecule has 1 N–H and O–H groups in total. The molecule has 0 fully saturated rings. The van der Waals surface area contributed by atoms with Crippen molar-refractivity contribution >= 4 is 28.6 Å². The molecule has 0 saturated heterocycles. The van der Waals surface area contributed by atoms with Crippen molar-refractivity contribution in [2.24, 2.45) is 0 Å². The molecule has 0 unspecified atom stereocenters. The molecule has 1 aromatic heterocycles. The van der Waals surface area contributed by atoms with Crippen LogP contribution in [0, 0.1) is 0 Å². The van der Waals surface area contributed by atoms with Crippen LogP contribution in [0.25, 0.3) is 10.9 Å². The zero-order chi connectivity index (χ0) is 13.7. The largest absolute Gasteiger partial charge is 0.478 e. The van der Waals surface area contributed by atoms with Crippen LogP contribution in [0.15, 0.2) is 35.4 Å². The van der Waals surface area contributed by atoms with Crippen LogP contribution in [0.1, 0.15) is 16.8 Å². The number of carboxylic acid groups (broad SMARTS) is 1. The van der Waals surface area contributed by atoms with E-state index in [4.69, 9.17) is 4.74 Å². The smallest absolute Gasteiger partial charge is 0.336 e. The standard InChI is InChI=1S/C14H15NO3S/c1-18-7-4-8-19-13-9-11(14(16)17)10-5-2-3-6-12(10)15-13/h2-3,5-6,9H,4,7-8H2,1H3,(H,16,17). The Hall–Kier alpha value is -1.59. The molecule has 2 aromatic rings. The number of rotatable bonds is 6. The summed E-state index contributed by atoms with van der Waals surface area (Å²) >= 11 is 1.55. The lowest BCUT2D eigenvalue weighted by molar-refractivity contribution is 0.0698. The van der Waals surface area contributed by atoms with E-state index in [-0.39, 0.29) is 0 Å². The monoisotopic (exact) mass is 277 g/mol. The van der Waals surface area contributed by atoms with E-state index in [0.29, 0.717) is 17.6 Å². The Morgan fingerprint density at radius 2 is 2.21 bits per heavy atom. The molecule has 1 aromatic carbocycles.